The number of nitrogens with one attached hydrogen (secondary N) is 1. The maximum atomic E-state index is 12.0. The predicted molar refractivity (Wildman–Crippen MR) is 87.4 cm³/mol. The number of aromatic carboxylic acids is 1. The molecular weight excluding hydrogens is 372 g/mol. The Balaban J connectivity index is 2.03. The zero-order valence-electron chi connectivity index (χ0n) is 12.3. The van der Waals surface area contributed by atoms with E-state index in [1.807, 2.05) is 0 Å². The van der Waals surface area contributed by atoms with Gasteiger partial charge in [-0.15, -0.1) is 0 Å². The highest BCUT2D eigenvalue weighted by atomic mass is 79.9. The largest absolute Gasteiger partial charge is 0.478 e. The van der Waals surface area contributed by atoms with Crippen molar-refractivity contribution < 1.29 is 18.3 Å². The Morgan fingerprint density at radius 3 is 2.82 bits per heavy atom. The molecule has 2 N–H and O–H groups in total. The quantitative estimate of drug-likeness (QED) is 0.771. The number of likely N-dealkylation sites (tertiary alicyclic amines) is 1. The van der Waals surface area contributed by atoms with Gasteiger partial charge in [-0.1, -0.05) is 28.9 Å². The molecule has 8 heteroatoms. The molecule has 0 aliphatic carbocycles. The molecule has 0 saturated carbocycles. The van der Waals surface area contributed by atoms with Gasteiger partial charge >= 0.3 is 5.97 Å². The van der Waals surface area contributed by atoms with Crippen LogP contribution in [0.2, 0.25) is 0 Å². The van der Waals surface area contributed by atoms with Crippen LogP contribution < -0.4 is 4.72 Å². The number of carbonyl (C=O) groups is 1. The second-order valence-electron chi connectivity index (χ2n) is 5.30. The van der Waals surface area contributed by atoms with E-state index in [0.29, 0.717) is 32.6 Å². The molecule has 0 amide bonds. The molecule has 22 heavy (non-hydrogen) atoms. The van der Waals surface area contributed by atoms with Crippen LogP contribution in [-0.2, 0) is 16.6 Å². The number of halogens is 1. The average Bonchev–Trinajstić information content (AvgIpc) is 2.90. The second kappa shape index (κ2) is 7.08. The first kappa shape index (κ1) is 17.4. The fourth-order valence-corrected chi connectivity index (χ4v) is 4.53. The summed E-state index contributed by atoms with van der Waals surface area (Å²) in [5, 5.41) is 8.57. The van der Waals surface area contributed by atoms with Crippen LogP contribution in [-0.4, -0.2) is 49.3 Å². The molecular formula is C14H19BrN2O4S. The molecule has 1 heterocycles. The lowest BCUT2D eigenvalue weighted by molar-refractivity contribution is 0.0696. The van der Waals surface area contributed by atoms with Gasteiger partial charge in [0.15, 0.2) is 0 Å². The molecule has 1 aromatic rings. The fourth-order valence-electron chi connectivity index (χ4n) is 2.56. The lowest BCUT2D eigenvalue weighted by atomic mass is 10.1. The van der Waals surface area contributed by atoms with Crippen molar-refractivity contribution in [3.05, 3.63) is 33.8 Å². The first-order valence-corrected chi connectivity index (χ1v) is 9.40. The van der Waals surface area contributed by atoms with Crippen LogP contribution in [0.25, 0.3) is 0 Å². The minimum Gasteiger partial charge on any atom is -0.478 e. The topological polar surface area (TPSA) is 86.7 Å². The molecule has 1 saturated heterocycles. The highest BCUT2D eigenvalue weighted by Gasteiger charge is 2.32. The normalized spacial score (nSPS) is 19.5. The molecule has 1 fully saturated rings. The van der Waals surface area contributed by atoms with Crippen LogP contribution in [0.4, 0.5) is 0 Å². The van der Waals surface area contributed by atoms with Crippen molar-refractivity contribution in [1.82, 2.24) is 9.62 Å². The summed E-state index contributed by atoms with van der Waals surface area (Å²) in [4.78, 5) is 13.0. The lowest BCUT2D eigenvalue weighted by Crippen LogP contribution is -2.36. The van der Waals surface area contributed by atoms with Crippen LogP contribution in [0.15, 0.2) is 22.7 Å². The number of carboxylic acids is 1. The summed E-state index contributed by atoms with van der Waals surface area (Å²) >= 11 is 3.38. The van der Waals surface area contributed by atoms with Gasteiger partial charge in [-0.2, -0.15) is 0 Å². The minimum atomic E-state index is -3.24. The molecule has 0 bridgehead atoms. The molecule has 0 radical (unpaired) electrons. The lowest BCUT2D eigenvalue weighted by Gasteiger charge is -2.17. The zero-order valence-corrected chi connectivity index (χ0v) is 14.7. The SMILES string of the molecule is CCNS(=O)(=O)C1CCN(Cc2ccc(C(=O)O)cc2Br)C1. The Hall–Kier alpha value is -0.960. The average molecular weight is 391 g/mol. The number of nitrogens with zero attached hydrogens (tertiary/aromatic N) is 1. The number of carboxylic acid groups (broad SMARTS) is 1. The summed E-state index contributed by atoms with van der Waals surface area (Å²) in [5.41, 5.74) is 1.18. The third-order valence-electron chi connectivity index (χ3n) is 3.71. The number of hydrogen-bond donors (Lipinski definition) is 2. The number of rotatable bonds is 6. The van der Waals surface area contributed by atoms with Gasteiger partial charge in [0.1, 0.15) is 0 Å². The van der Waals surface area contributed by atoms with Crippen molar-refractivity contribution in [2.45, 2.75) is 25.1 Å². The highest BCUT2D eigenvalue weighted by Crippen LogP contribution is 2.24. The monoisotopic (exact) mass is 390 g/mol. The highest BCUT2D eigenvalue weighted by molar-refractivity contribution is 9.10. The van der Waals surface area contributed by atoms with Gasteiger partial charge < -0.3 is 5.11 Å². The summed E-state index contributed by atoms with van der Waals surface area (Å²) < 4.78 is 27.3. The molecule has 1 atom stereocenters. The molecule has 1 aliphatic rings. The molecule has 1 unspecified atom stereocenters. The smallest absolute Gasteiger partial charge is 0.335 e. The van der Waals surface area contributed by atoms with Crippen molar-refractivity contribution in [2.75, 3.05) is 19.6 Å². The summed E-state index contributed by atoms with van der Waals surface area (Å²) in [6, 6.07) is 4.89. The Morgan fingerprint density at radius 1 is 1.50 bits per heavy atom. The van der Waals surface area contributed by atoms with Crippen molar-refractivity contribution in [3.8, 4) is 0 Å². The third kappa shape index (κ3) is 4.07. The van der Waals surface area contributed by atoms with Crippen molar-refractivity contribution in [1.29, 1.82) is 0 Å². The van der Waals surface area contributed by atoms with Crippen molar-refractivity contribution >= 4 is 31.9 Å². The Labute approximate surface area is 138 Å². The maximum absolute atomic E-state index is 12.0. The zero-order chi connectivity index (χ0) is 16.3. The molecule has 2 rings (SSSR count). The van der Waals surface area contributed by atoms with E-state index in [4.69, 9.17) is 5.11 Å². The van der Waals surface area contributed by atoms with Crippen LogP contribution >= 0.6 is 15.9 Å². The molecule has 0 aromatic heterocycles. The van der Waals surface area contributed by atoms with Crippen molar-refractivity contribution in [2.24, 2.45) is 0 Å². The number of hydrogen-bond acceptors (Lipinski definition) is 4. The van der Waals surface area contributed by atoms with Crippen LogP contribution in [0.1, 0.15) is 29.3 Å². The Kier molecular flexibility index (Phi) is 5.60. The molecule has 1 aliphatic heterocycles. The molecule has 122 valence electrons. The standard InChI is InChI=1S/C14H19BrN2O4S/c1-2-16-22(20,21)12-5-6-17(9-12)8-11-4-3-10(14(18)19)7-13(11)15/h3-4,7,12,16H,2,5-6,8-9H2,1H3,(H,18,19). The summed E-state index contributed by atoms with van der Waals surface area (Å²) in [6.45, 7) is 3.97. The first-order valence-electron chi connectivity index (χ1n) is 7.06. The van der Waals surface area contributed by atoms with Crippen LogP contribution in [0.5, 0.6) is 0 Å². The van der Waals surface area contributed by atoms with E-state index in [1.165, 1.54) is 0 Å². The Morgan fingerprint density at radius 2 is 2.23 bits per heavy atom. The van der Waals surface area contributed by atoms with Crippen LogP contribution in [0.3, 0.4) is 0 Å². The van der Waals surface area contributed by atoms with Gasteiger partial charge in [0.05, 0.1) is 10.8 Å². The molecule has 6 nitrogen and oxygen atoms in total. The van der Waals surface area contributed by atoms with E-state index in [1.54, 1.807) is 25.1 Å². The summed E-state index contributed by atoms with van der Waals surface area (Å²) in [6.07, 6.45) is 0.611. The van der Waals surface area contributed by atoms with Gasteiger partial charge in [0.2, 0.25) is 10.0 Å². The summed E-state index contributed by atoms with van der Waals surface area (Å²) in [5.74, 6) is -0.967. The molecule has 1 aromatic carbocycles. The maximum Gasteiger partial charge on any atom is 0.335 e. The van der Waals surface area contributed by atoms with E-state index in [9.17, 15) is 13.2 Å². The van der Waals surface area contributed by atoms with E-state index in [-0.39, 0.29) is 10.8 Å². The van der Waals surface area contributed by atoms with Gasteiger partial charge in [-0.3, -0.25) is 4.90 Å². The Bertz CT molecular complexity index is 663. The third-order valence-corrected chi connectivity index (χ3v) is 6.40. The van der Waals surface area contributed by atoms with Gasteiger partial charge in [-0.25, -0.2) is 17.9 Å². The number of benzene rings is 1. The van der Waals surface area contributed by atoms with E-state index >= 15 is 0 Å². The van der Waals surface area contributed by atoms with Crippen molar-refractivity contribution in [3.63, 3.8) is 0 Å². The van der Waals surface area contributed by atoms with Gasteiger partial charge in [-0.05, 0) is 30.7 Å². The summed E-state index contributed by atoms with van der Waals surface area (Å²) in [7, 11) is -3.24. The van der Waals surface area contributed by atoms with E-state index < -0.39 is 16.0 Å². The number of sulfonamides is 1. The predicted octanol–water partition coefficient (Wildman–Crippen LogP) is 1.66. The van der Waals surface area contributed by atoms with E-state index in [2.05, 4.69) is 25.6 Å². The molecule has 0 spiro atoms. The fraction of sp³-hybridized carbons (Fsp3) is 0.500. The minimum absolute atomic E-state index is 0.227. The first-order chi connectivity index (χ1) is 10.3. The van der Waals surface area contributed by atoms with Gasteiger partial charge in [0.25, 0.3) is 0 Å². The van der Waals surface area contributed by atoms with Crippen LogP contribution in [0, 0.1) is 0 Å². The van der Waals surface area contributed by atoms with E-state index in [0.717, 1.165) is 10.0 Å². The second-order valence-corrected chi connectivity index (χ2v) is 8.20. The van der Waals surface area contributed by atoms with Gasteiger partial charge in [0, 0.05) is 24.1 Å².